The Morgan fingerprint density at radius 1 is 1.12 bits per heavy atom. The van der Waals surface area contributed by atoms with Crippen LogP contribution < -0.4 is 10.2 Å². The van der Waals surface area contributed by atoms with Crippen LogP contribution in [0.5, 0.6) is 0 Å². The molecule has 0 aromatic heterocycles. The van der Waals surface area contributed by atoms with E-state index in [9.17, 15) is 4.79 Å². The Kier molecular flexibility index (Phi) is 6.27. The zero-order valence-corrected chi connectivity index (χ0v) is 15.9. The smallest absolute Gasteiger partial charge is 0.251 e. The van der Waals surface area contributed by atoms with Gasteiger partial charge in [-0.05, 0) is 57.1 Å². The number of carbonyl (C=O) groups is 1. The number of amides is 1. The summed E-state index contributed by atoms with van der Waals surface area (Å²) in [7, 11) is 6.34. The lowest BCUT2D eigenvalue weighted by atomic mass is 9.96. The SMILES string of the molecule is CC(C)CN(C)c1ccc(C(=O)NCC2(N(C)C)CCCC2)cc1. The summed E-state index contributed by atoms with van der Waals surface area (Å²) >= 11 is 0. The molecule has 0 saturated heterocycles. The fourth-order valence-corrected chi connectivity index (χ4v) is 3.68. The molecule has 0 heterocycles. The molecule has 1 aromatic carbocycles. The average Bonchev–Trinajstić information content (AvgIpc) is 3.02. The zero-order valence-electron chi connectivity index (χ0n) is 15.9. The molecule has 24 heavy (non-hydrogen) atoms. The van der Waals surface area contributed by atoms with Crippen molar-refractivity contribution in [3.05, 3.63) is 29.8 Å². The molecule has 1 N–H and O–H groups in total. The Morgan fingerprint density at radius 2 is 1.71 bits per heavy atom. The number of anilines is 1. The van der Waals surface area contributed by atoms with Gasteiger partial charge < -0.3 is 15.1 Å². The first-order valence-corrected chi connectivity index (χ1v) is 9.11. The minimum absolute atomic E-state index is 0.0289. The van der Waals surface area contributed by atoms with Crippen molar-refractivity contribution in [2.24, 2.45) is 5.92 Å². The highest BCUT2D eigenvalue weighted by Crippen LogP contribution is 2.33. The maximum atomic E-state index is 12.5. The highest BCUT2D eigenvalue weighted by molar-refractivity contribution is 5.94. The van der Waals surface area contributed by atoms with E-state index in [-0.39, 0.29) is 11.4 Å². The summed E-state index contributed by atoms with van der Waals surface area (Å²) in [4.78, 5) is 17.0. The average molecular weight is 332 g/mol. The summed E-state index contributed by atoms with van der Waals surface area (Å²) < 4.78 is 0. The van der Waals surface area contributed by atoms with E-state index in [0.717, 1.165) is 24.3 Å². The maximum absolute atomic E-state index is 12.5. The van der Waals surface area contributed by atoms with Gasteiger partial charge in [0.25, 0.3) is 5.91 Å². The summed E-state index contributed by atoms with van der Waals surface area (Å²) in [6.07, 6.45) is 4.84. The second kappa shape index (κ2) is 8.02. The molecule has 0 bridgehead atoms. The van der Waals surface area contributed by atoms with Gasteiger partial charge in [-0.15, -0.1) is 0 Å². The molecule has 4 nitrogen and oxygen atoms in total. The number of nitrogens with zero attached hydrogens (tertiary/aromatic N) is 2. The first-order valence-electron chi connectivity index (χ1n) is 9.11. The van der Waals surface area contributed by atoms with E-state index in [1.807, 2.05) is 24.3 Å². The van der Waals surface area contributed by atoms with Crippen molar-refractivity contribution < 1.29 is 4.79 Å². The van der Waals surface area contributed by atoms with Gasteiger partial charge >= 0.3 is 0 Å². The molecule has 1 aliphatic carbocycles. The van der Waals surface area contributed by atoms with E-state index in [2.05, 4.69) is 50.1 Å². The van der Waals surface area contributed by atoms with Crippen molar-refractivity contribution in [2.45, 2.75) is 45.1 Å². The number of nitrogens with one attached hydrogen (secondary N) is 1. The quantitative estimate of drug-likeness (QED) is 0.832. The lowest BCUT2D eigenvalue weighted by molar-refractivity contribution is 0.0900. The van der Waals surface area contributed by atoms with Crippen LogP contribution in [0.3, 0.4) is 0 Å². The van der Waals surface area contributed by atoms with E-state index in [1.165, 1.54) is 25.7 Å². The summed E-state index contributed by atoms with van der Waals surface area (Å²) in [6.45, 7) is 6.16. The number of hydrogen-bond donors (Lipinski definition) is 1. The molecule has 1 aromatic rings. The summed E-state index contributed by atoms with van der Waals surface area (Å²) in [6, 6.07) is 7.93. The third-order valence-electron chi connectivity index (χ3n) is 5.27. The van der Waals surface area contributed by atoms with Crippen molar-refractivity contribution >= 4 is 11.6 Å². The van der Waals surface area contributed by atoms with Gasteiger partial charge in [-0.2, -0.15) is 0 Å². The summed E-state index contributed by atoms with van der Waals surface area (Å²) in [5, 5.41) is 3.15. The predicted molar refractivity (Wildman–Crippen MR) is 102 cm³/mol. The van der Waals surface area contributed by atoms with Gasteiger partial charge in [-0.3, -0.25) is 4.79 Å². The topological polar surface area (TPSA) is 35.6 Å². The molecular formula is C20H33N3O. The second-order valence-corrected chi connectivity index (χ2v) is 7.83. The molecule has 1 aliphatic rings. The molecule has 0 spiro atoms. The van der Waals surface area contributed by atoms with Gasteiger partial charge in [0, 0.05) is 36.9 Å². The normalized spacial score (nSPS) is 16.6. The molecule has 0 aliphatic heterocycles. The number of benzene rings is 1. The van der Waals surface area contributed by atoms with E-state index in [4.69, 9.17) is 0 Å². The molecule has 0 radical (unpaired) electrons. The number of carbonyl (C=O) groups excluding carboxylic acids is 1. The zero-order chi connectivity index (χ0) is 17.7. The van der Waals surface area contributed by atoms with Crippen molar-refractivity contribution in [1.82, 2.24) is 10.2 Å². The Bertz CT molecular complexity index is 530. The lowest BCUT2D eigenvalue weighted by Crippen LogP contribution is -2.50. The van der Waals surface area contributed by atoms with Crippen LogP contribution >= 0.6 is 0 Å². The van der Waals surface area contributed by atoms with Crippen LogP contribution in [-0.4, -0.2) is 50.6 Å². The van der Waals surface area contributed by atoms with Gasteiger partial charge in [-0.1, -0.05) is 26.7 Å². The minimum atomic E-state index is 0.0289. The predicted octanol–water partition coefficient (Wildman–Crippen LogP) is 3.38. The molecule has 1 amide bonds. The first-order chi connectivity index (χ1) is 11.3. The highest BCUT2D eigenvalue weighted by atomic mass is 16.1. The van der Waals surface area contributed by atoms with Crippen molar-refractivity contribution in [3.8, 4) is 0 Å². The second-order valence-electron chi connectivity index (χ2n) is 7.83. The highest BCUT2D eigenvalue weighted by Gasteiger charge is 2.36. The Balaban J connectivity index is 1.95. The first kappa shape index (κ1) is 18.8. The van der Waals surface area contributed by atoms with Crippen LogP contribution in [-0.2, 0) is 0 Å². The Hall–Kier alpha value is -1.55. The Labute approximate surface area is 147 Å². The summed E-state index contributed by atoms with van der Waals surface area (Å²) in [5.74, 6) is 0.646. The van der Waals surface area contributed by atoms with Gasteiger partial charge in [0.15, 0.2) is 0 Å². The third-order valence-corrected chi connectivity index (χ3v) is 5.27. The Morgan fingerprint density at radius 3 is 2.21 bits per heavy atom. The van der Waals surface area contributed by atoms with Crippen molar-refractivity contribution in [2.75, 3.05) is 39.1 Å². The van der Waals surface area contributed by atoms with Crippen LogP contribution in [0.15, 0.2) is 24.3 Å². The third kappa shape index (κ3) is 4.50. The van der Waals surface area contributed by atoms with Crippen LogP contribution in [0, 0.1) is 5.92 Å². The van der Waals surface area contributed by atoms with Gasteiger partial charge in [0.2, 0.25) is 0 Å². The van der Waals surface area contributed by atoms with Crippen molar-refractivity contribution in [3.63, 3.8) is 0 Å². The fraction of sp³-hybridized carbons (Fsp3) is 0.650. The van der Waals surface area contributed by atoms with Gasteiger partial charge in [-0.25, -0.2) is 0 Å². The molecule has 0 atom stereocenters. The molecule has 0 unspecified atom stereocenters. The molecule has 1 fully saturated rings. The van der Waals surface area contributed by atoms with Crippen LogP contribution in [0.25, 0.3) is 0 Å². The molecule has 1 saturated carbocycles. The van der Waals surface area contributed by atoms with Gasteiger partial charge in [0.05, 0.1) is 0 Å². The van der Waals surface area contributed by atoms with Crippen molar-refractivity contribution in [1.29, 1.82) is 0 Å². The van der Waals surface area contributed by atoms with Crippen LogP contribution in [0.2, 0.25) is 0 Å². The lowest BCUT2D eigenvalue weighted by Gasteiger charge is -2.36. The van der Waals surface area contributed by atoms with Gasteiger partial charge in [0.1, 0.15) is 0 Å². The fourth-order valence-electron chi connectivity index (χ4n) is 3.68. The van der Waals surface area contributed by atoms with E-state index < -0.39 is 0 Å². The number of rotatable bonds is 7. The standard InChI is InChI=1S/C20H33N3O/c1-16(2)14-23(5)18-10-8-17(9-11-18)19(24)21-15-20(22(3)4)12-6-7-13-20/h8-11,16H,6-7,12-15H2,1-5H3,(H,21,24). The van der Waals surface area contributed by atoms with E-state index >= 15 is 0 Å². The number of hydrogen-bond acceptors (Lipinski definition) is 3. The largest absolute Gasteiger partial charge is 0.374 e. The van der Waals surface area contributed by atoms with Crippen LogP contribution in [0.4, 0.5) is 5.69 Å². The molecule has 4 heteroatoms. The minimum Gasteiger partial charge on any atom is -0.374 e. The monoisotopic (exact) mass is 331 g/mol. The molecule has 134 valence electrons. The van der Waals surface area contributed by atoms with E-state index in [0.29, 0.717) is 5.92 Å². The molecule has 2 rings (SSSR count). The van der Waals surface area contributed by atoms with Crippen LogP contribution in [0.1, 0.15) is 49.9 Å². The maximum Gasteiger partial charge on any atom is 0.251 e. The molecular weight excluding hydrogens is 298 g/mol. The number of likely N-dealkylation sites (N-methyl/N-ethyl adjacent to an activating group) is 1. The summed E-state index contributed by atoms with van der Waals surface area (Å²) in [5.41, 5.74) is 2.02. The van der Waals surface area contributed by atoms with E-state index in [1.54, 1.807) is 0 Å².